The summed E-state index contributed by atoms with van der Waals surface area (Å²) in [4.78, 5) is 23.2. The summed E-state index contributed by atoms with van der Waals surface area (Å²) in [6.07, 6.45) is -0.307. The maximum Gasteiger partial charge on any atom is 0.223 e. The lowest BCUT2D eigenvalue weighted by atomic mass is 9.72. The average molecular weight is 348 g/mol. The topological polar surface area (TPSA) is 63.2 Å². The van der Waals surface area contributed by atoms with Gasteiger partial charge < -0.3 is 14.2 Å². The van der Waals surface area contributed by atoms with Gasteiger partial charge in [-0.05, 0) is 18.4 Å². The SMILES string of the molecule is C[C@@H]1C(=O)[C@H](C)[C@@]2(CCCOCc3ccccc3)O[C@@H]1[C@@H]1OO[C@H]2O1. The first-order valence-electron chi connectivity index (χ1n) is 8.92. The molecule has 3 saturated heterocycles. The van der Waals surface area contributed by atoms with Crippen LogP contribution >= 0.6 is 0 Å². The molecule has 0 aliphatic carbocycles. The standard InChI is InChI=1S/C19H24O6/c1-12-15(20)13(2)19(18-22-17(24-25-18)16(12)23-19)9-6-10-21-11-14-7-4-3-5-8-14/h3-5,7-8,12-13,16-18H,6,9-11H2,1-2H3/t12-,13+,16+,17+,18-,19-/m1/s1. The van der Waals surface area contributed by atoms with Gasteiger partial charge in [-0.1, -0.05) is 44.2 Å². The molecule has 0 spiro atoms. The first-order valence-corrected chi connectivity index (χ1v) is 8.92. The highest BCUT2D eigenvalue weighted by atomic mass is 17.3. The molecule has 1 aromatic carbocycles. The third kappa shape index (κ3) is 2.92. The van der Waals surface area contributed by atoms with Crippen LogP contribution in [0.3, 0.4) is 0 Å². The monoisotopic (exact) mass is 348 g/mol. The molecule has 4 bridgehead atoms. The van der Waals surface area contributed by atoms with Crippen LogP contribution in [0.15, 0.2) is 30.3 Å². The molecule has 0 aromatic heterocycles. The van der Waals surface area contributed by atoms with E-state index in [2.05, 4.69) is 0 Å². The Morgan fingerprint density at radius 2 is 1.96 bits per heavy atom. The second-order valence-electron chi connectivity index (χ2n) is 7.12. The zero-order chi connectivity index (χ0) is 17.4. The predicted octanol–water partition coefficient (Wildman–Crippen LogP) is 2.61. The van der Waals surface area contributed by atoms with E-state index >= 15 is 0 Å². The van der Waals surface area contributed by atoms with Crippen LogP contribution in [0.4, 0.5) is 0 Å². The second-order valence-corrected chi connectivity index (χ2v) is 7.12. The van der Waals surface area contributed by atoms with E-state index in [0.29, 0.717) is 19.6 Å². The molecule has 3 aliphatic heterocycles. The van der Waals surface area contributed by atoms with Gasteiger partial charge >= 0.3 is 0 Å². The van der Waals surface area contributed by atoms with Crippen molar-refractivity contribution < 1.29 is 28.8 Å². The Labute approximate surface area is 147 Å². The van der Waals surface area contributed by atoms with E-state index in [9.17, 15) is 4.79 Å². The summed E-state index contributed by atoms with van der Waals surface area (Å²) >= 11 is 0. The van der Waals surface area contributed by atoms with Crippen molar-refractivity contribution in [3.8, 4) is 0 Å². The summed E-state index contributed by atoms with van der Waals surface area (Å²) in [5.74, 6) is -0.375. The van der Waals surface area contributed by atoms with E-state index in [1.807, 2.05) is 44.2 Å². The number of carbonyl (C=O) groups is 1. The maximum absolute atomic E-state index is 12.7. The maximum atomic E-state index is 12.7. The molecule has 0 radical (unpaired) electrons. The minimum Gasteiger partial charge on any atom is -0.377 e. The van der Waals surface area contributed by atoms with Crippen LogP contribution in [-0.2, 0) is 35.4 Å². The van der Waals surface area contributed by atoms with Crippen molar-refractivity contribution in [2.45, 2.75) is 57.6 Å². The molecular weight excluding hydrogens is 324 g/mol. The van der Waals surface area contributed by atoms with E-state index in [1.165, 1.54) is 0 Å². The molecule has 3 heterocycles. The van der Waals surface area contributed by atoms with E-state index in [4.69, 9.17) is 24.0 Å². The molecule has 136 valence electrons. The number of hydrogen-bond donors (Lipinski definition) is 0. The first-order chi connectivity index (χ1) is 12.1. The summed E-state index contributed by atoms with van der Waals surface area (Å²) in [5, 5.41) is 0. The molecule has 4 rings (SSSR count). The Kier molecular flexibility index (Phi) is 4.64. The lowest BCUT2D eigenvalue weighted by molar-refractivity contribution is -0.319. The number of carbonyl (C=O) groups excluding carboxylic acids is 1. The molecule has 0 amide bonds. The Hall–Kier alpha value is -1.31. The van der Waals surface area contributed by atoms with E-state index in [-0.39, 0.29) is 17.6 Å². The van der Waals surface area contributed by atoms with Gasteiger partial charge in [0.15, 0.2) is 0 Å². The van der Waals surface area contributed by atoms with Gasteiger partial charge in [0.1, 0.15) is 17.5 Å². The summed E-state index contributed by atoms with van der Waals surface area (Å²) in [7, 11) is 0. The Morgan fingerprint density at radius 1 is 1.16 bits per heavy atom. The summed E-state index contributed by atoms with van der Waals surface area (Å²) in [5.41, 5.74) is 0.348. The van der Waals surface area contributed by atoms with E-state index in [0.717, 1.165) is 12.0 Å². The fourth-order valence-electron chi connectivity index (χ4n) is 4.01. The fourth-order valence-corrected chi connectivity index (χ4v) is 4.01. The lowest BCUT2D eigenvalue weighted by Crippen LogP contribution is -2.66. The Balaban J connectivity index is 1.37. The van der Waals surface area contributed by atoms with E-state index < -0.39 is 24.3 Å². The number of ether oxygens (including phenoxy) is 3. The van der Waals surface area contributed by atoms with Crippen LogP contribution in [0, 0.1) is 11.8 Å². The number of Topliss-reactive ketones (excluding diaryl/α,β-unsaturated/α-hetero) is 1. The van der Waals surface area contributed by atoms with Crippen molar-refractivity contribution in [1.82, 2.24) is 0 Å². The normalized spacial score (nSPS) is 39.6. The predicted molar refractivity (Wildman–Crippen MR) is 87.1 cm³/mol. The summed E-state index contributed by atoms with van der Waals surface area (Å²) in [6, 6.07) is 10.0. The van der Waals surface area contributed by atoms with Crippen LogP contribution in [0.2, 0.25) is 0 Å². The molecule has 6 atom stereocenters. The van der Waals surface area contributed by atoms with Crippen molar-refractivity contribution in [3.63, 3.8) is 0 Å². The molecule has 0 N–H and O–H groups in total. The zero-order valence-electron chi connectivity index (χ0n) is 14.6. The number of benzene rings is 1. The van der Waals surface area contributed by atoms with Crippen molar-refractivity contribution >= 4 is 5.78 Å². The molecule has 0 unspecified atom stereocenters. The highest BCUT2D eigenvalue weighted by Crippen LogP contribution is 2.49. The molecule has 3 fully saturated rings. The van der Waals surface area contributed by atoms with Gasteiger partial charge in [0.25, 0.3) is 0 Å². The number of hydrogen-bond acceptors (Lipinski definition) is 6. The van der Waals surface area contributed by atoms with Crippen LogP contribution in [0.5, 0.6) is 0 Å². The summed E-state index contributed by atoms with van der Waals surface area (Å²) in [6.45, 7) is 4.91. The molecular formula is C19H24O6. The molecule has 6 nitrogen and oxygen atoms in total. The van der Waals surface area contributed by atoms with Gasteiger partial charge in [0, 0.05) is 18.4 Å². The van der Waals surface area contributed by atoms with Gasteiger partial charge in [-0.2, -0.15) is 9.78 Å². The highest BCUT2D eigenvalue weighted by molar-refractivity contribution is 5.85. The molecule has 0 saturated carbocycles. The van der Waals surface area contributed by atoms with E-state index in [1.54, 1.807) is 0 Å². The van der Waals surface area contributed by atoms with Crippen LogP contribution in [0.1, 0.15) is 32.3 Å². The minimum absolute atomic E-state index is 0.189. The van der Waals surface area contributed by atoms with Gasteiger partial charge in [0.05, 0.1) is 6.61 Å². The Morgan fingerprint density at radius 3 is 2.76 bits per heavy atom. The third-order valence-electron chi connectivity index (χ3n) is 5.59. The smallest absolute Gasteiger partial charge is 0.223 e. The van der Waals surface area contributed by atoms with Gasteiger partial charge in [-0.25, -0.2) is 0 Å². The van der Waals surface area contributed by atoms with Crippen molar-refractivity contribution in [2.24, 2.45) is 11.8 Å². The third-order valence-corrected chi connectivity index (χ3v) is 5.59. The fraction of sp³-hybridized carbons (Fsp3) is 0.632. The van der Waals surface area contributed by atoms with Gasteiger partial charge in [-0.15, -0.1) is 0 Å². The second kappa shape index (κ2) is 6.78. The largest absolute Gasteiger partial charge is 0.377 e. The van der Waals surface area contributed by atoms with Gasteiger partial charge in [0.2, 0.25) is 12.6 Å². The highest BCUT2D eigenvalue weighted by Gasteiger charge is 2.65. The van der Waals surface area contributed by atoms with Crippen LogP contribution < -0.4 is 0 Å². The average Bonchev–Trinajstić information content (AvgIpc) is 3.08. The summed E-state index contributed by atoms with van der Waals surface area (Å²) < 4.78 is 17.9. The first kappa shape index (κ1) is 17.1. The molecule has 1 aromatic rings. The number of ketones is 1. The molecule has 25 heavy (non-hydrogen) atoms. The quantitative estimate of drug-likeness (QED) is 0.582. The molecule has 3 aliphatic rings. The number of fused-ring (bicyclic) bond motifs is 6. The van der Waals surface area contributed by atoms with Crippen LogP contribution in [0.25, 0.3) is 0 Å². The van der Waals surface area contributed by atoms with Crippen molar-refractivity contribution in [1.29, 1.82) is 0 Å². The van der Waals surface area contributed by atoms with Crippen LogP contribution in [-0.4, -0.2) is 36.7 Å². The minimum atomic E-state index is -0.794. The van der Waals surface area contributed by atoms with Crippen molar-refractivity contribution in [2.75, 3.05) is 6.61 Å². The molecule has 6 heteroatoms. The van der Waals surface area contributed by atoms with Crippen molar-refractivity contribution in [3.05, 3.63) is 35.9 Å². The zero-order valence-corrected chi connectivity index (χ0v) is 14.6. The number of rotatable bonds is 6. The Bertz CT molecular complexity index is 620. The van der Waals surface area contributed by atoms with Gasteiger partial charge in [-0.3, -0.25) is 4.79 Å². The lowest BCUT2D eigenvalue weighted by Gasteiger charge is -2.51.